The van der Waals surface area contributed by atoms with Gasteiger partial charge in [-0.05, 0) is 19.5 Å². The Bertz CT molecular complexity index is 347. The van der Waals surface area contributed by atoms with Crippen molar-refractivity contribution in [1.29, 1.82) is 0 Å². The van der Waals surface area contributed by atoms with Crippen molar-refractivity contribution in [2.45, 2.75) is 20.3 Å². The minimum atomic E-state index is -4.16. The number of aliphatic carboxylic acids is 1. The van der Waals surface area contributed by atoms with Crippen LogP contribution in [0.4, 0.5) is 0 Å². The van der Waals surface area contributed by atoms with Gasteiger partial charge in [-0.3, -0.25) is 8.74 Å². The summed E-state index contributed by atoms with van der Waals surface area (Å²) in [5, 5.41) is 8.52. The van der Waals surface area contributed by atoms with E-state index in [2.05, 4.69) is 29.5 Å². The summed E-state index contributed by atoms with van der Waals surface area (Å²) in [6.45, 7) is 10.3. The second-order valence-electron chi connectivity index (χ2n) is 3.28. The van der Waals surface area contributed by atoms with Crippen LogP contribution in [0.2, 0.25) is 0 Å². The molecule has 0 rings (SSSR count). The Hall–Kier alpha value is -0.960. The molecule has 108 valence electrons. The minimum Gasteiger partial charge on any atom is -0.478 e. The molecule has 0 aliphatic heterocycles. The first kappa shape index (κ1) is 19.4. The predicted molar refractivity (Wildman–Crippen MR) is 67.7 cm³/mol. The van der Waals surface area contributed by atoms with E-state index in [1.54, 1.807) is 0 Å². The standard InChI is InChI=1S/C9H17NO2.CH4O4S/c1-4-10(5-2)7-6-8(3)9(11)12;1-5-6(2,3)4/h3-7H2,1-2H3,(H,11,12);1H3,(H,2,3,4). The van der Waals surface area contributed by atoms with Gasteiger partial charge in [0.1, 0.15) is 0 Å². The van der Waals surface area contributed by atoms with Crippen molar-refractivity contribution in [3.63, 3.8) is 0 Å². The molecule has 0 aromatic heterocycles. The fourth-order valence-corrected chi connectivity index (χ4v) is 0.940. The molecule has 0 fully saturated rings. The van der Waals surface area contributed by atoms with E-state index in [-0.39, 0.29) is 0 Å². The highest BCUT2D eigenvalue weighted by molar-refractivity contribution is 7.80. The Labute approximate surface area is 108 Å². The minimum absolute atomic E-state index is 0.293. The second kappa shape index (κ2) is 10.0. The zero-order valence-corrected chi connectivity index (χ0v) is 11.7. The summed E-state index contributed by atoms with van der Waals surface area (Å²) >= 11 is 0. The van der Waals surface area contributed by atoms with E-state index in [1.807, 2.05) is 0 Å². The molecule has 0 aliphatic rings. The number of carboxylic acid groups (broad SMARTS) is 1. The first-order valence-corrected chi connectivity index (χ1v) is 6.70. The Balaban J connectivity index is 0. The van der Waals surface area contributed by atoms with Crippen LogP contribution in [0, 0.1) is 0 Å². The lowest BCUT2D eigenvalue weighted by Gasteiger charge is -2.17. The molecule has 0 aromatic carbocycles. The number of nitrogens with zero attached hydrogens (tertiary/aromatic N) is 1. The largest absolute Gasteiger partial charge is 0.478 e. The van der Waals surface area contributed by atoms with Crippen LogP contribution in [-0.2, 0) is 19.4 Å². The van der Waals surface area contributed by atoms with Gasteiger partial charge in [0, 0.05) is 12.1 Å². The van der Waals surface area contributed by atoms with E-state index in [0.717, 1.165) is 26.7 Å². The molecule has 0 unspecified atom stereocenters. The van der Waals surface area contributed by atoms with Gasteiger partial charge in [0.05, 0.1) is 7.11 Å². The van der Waals surface area contributed by atoms with Crippen LogP contribution in [-0.4, -0.2) is 55.7 Å². The molecule has 0 aromatic rings. The molecule has 0 amide bonds. The molecule has 7 nitrogen and oxygen atoms in total. The number of rotatable bonds is 7. The molecule has 18 heavy (non-hydrogen) atoms. The fraction of sp³-hybridized carbons (Fsp3) is 0.700. The maximum absolute atomic E-state index is 10.4. The first-order valence-electron chi connectivity index (χ1n) is 5.34. The molecule has 0 heterocycles. The Morgan fingerprint density at radius 2 is 1.72 bits per heavy atom. The first-order chi connectivity index (χ1) is 8.17. The molecule has 8 heteroatoms. The van der Waals surface area contributed by atoms with Gasteiger partial charge < -0.3 is 10.0 Å². The monoisotopic (exact) mass is 283 g/mol. The Morgan fingerprint density at radius 1 is 1.33 bits per heavy atom. The normalized spacial score (nSPS) is 10.7. The van der Waals surface area contributed by atoms with Gasteiger partial charge in [-0.15, -0.1) is 0 Å². The summed E-state index contributed by atoms with van der Waals surface area (Å²) in [5.74, 6) is -0.887. The third-order valence-electron chi connectivity index (χ3n) is 2.14. The zero-order valence-electron chi connectivity index (χ0n) is 10.9. The SMILES string of the molecule is C=C(CCN(CC)CC)C(=O)O.COS(=O)(=O)O. The molecule has 0 saturated heterocycles. The highest BCUT2D eigenvalue weighted by Crippen LogP contribution is 2.00. The van der Waals surface area contributed by atoms with Crippen LogP contribution in [0.1, 0.15) is 20.3 Å². The summed E-state index contributed by atoms with van der Waals surface area (Å²) in [6, 6.07) is 0. The van der Waals surface area contributed by atoms with Gasteiger partial charge in [0.15, 0.2) is 0 Å². The van der Waals surface area contributed by atoms with Crippen molar-refractivity contribution < 1.29 is 27.1 Å². The van der Waals surface area contributed by atoms with Crippen LogP contribution >= 0.6 is 0 Å². The highest BCUT2D eigenvalue weighted by Gasteiger charge is 2.05. The van der Waals surface area contributed by atoms with Gasteiger partial charge in [0.25, 0.3) is 0 Å². The number of carbonyl (C=O) groups is 1. The summed E-state index contributed by atoms with van der Waals surface area (Å²) in [6.07, 6.45) is 0.553. The average molecular weight is 283 g/mol. The van der Waals surface area contributed by atoms with Crippen molar-refractivity contribution in [1.82, 2.24) is 4.90 Å². The zero-order chi connectivity index (χ0) is 14.8. The molecular weight excluding hydrogens is 262 g/mol. The molecule has 0 aliphatic carbocycles. The lowest BCUT2D eigenvalue weighted by Crippen LogP contribution is -2.24. The van der Waals surface area contributed by atoms with E-state index in [0.29, 0.717) is 12.0 Å². The predicted octanol–water partition coefficient (Wildman–Crippen LogP) is 0.795. The van der Waals surface area contributed by atoms with Crippen LogP contribution in [0.5, 0.6) is 0 Å². The van der Waals surface area contributed by atoms with Gasteiger partial charge in [-0.25, -0.2) is 4.79 Å². The maximum Gasteiger partial charge on any atom is 0.397 e. The lowest BCUT2D eigenvalue weighted by atomic mass is 10.2. The van der Waals surface area contributed by atoms with Crippen molar-refractivity contribution in [3.8, 4) is 0 Å². The molecule has 0 radical (unpaired) electrons. The molecule has 2 N–H and O–H groups in total. The summed E-state index contributed by atoms with van der Waals surface area (Å²) in [7, 11) is -3.29. The molecule has 0 spiro atoms. The van der Waals surface area contributed by atoms with E-state index in [4.69, 9.17) is 9.66 Å². The van der Waals surface area contributed by atoms with E-state index < -0.39 is 16.4 Å². The number of carboxylic acids is 1. The van der Waals surface area contributed by atoms with Crippen molar-refractivity contribution in [2.75, 3.05) is 26.7 Å². The van der Waals surface area contributed by atoms with E-state index in [1.165, 1.54) is 0 Å². The maximum atomic E-state index is 10.4. The quantitative estimate of drug-likeness (QED) is 0.526. The number of hydrogen-bond acceptors (Lipinski definition) is 5. The van der Waals surface area contributed by atoms with E-state index >= 15 is 0 Å². The van der Waals surface area contributed by atoms with Crippen molar-refractivity contribution >= 4 is 16.4 Å². The van der Waals surface area contributed by atoms with Crippen molar-refractivity contribution in [2.24, 2.45) is 0 Å². The van der Waals surface area contributed by atoms with Gasteiger partial charge >= 0.3 is 16.4 Å². The summed E-state index contributed by atoms with van der Waals surface area (Å²) < 4.78 is 29.7. The topological polar surface area (TPSA) is 104 Å². The third kappa shape index (κ3) is 13.1. The van der Waals surface area contributed by atoms with Crippen molar-refractivity contribution in [3.05, 3.63) is 12.2 Å². The highest BCUT2D eigenvalue weighted by atomic mass is 32.3. The van der Waals surface area contributed by atoms with Gasteiger partial charge in [-0.1, -0.05) is 20.4 Å². The number of hydrogen-bond donors (Lipinski definition) is 2. The molecule has 0 atom stereocenters. The van der Waals surface area contributed by atoms with Gasteiger partial charge in [0.2, 0.25) is 0 Å². The Morgan fingerprint density at radius 3 is 1.94 bits per heavy atom. The average Bonchev–Trinajstić information content (AvgIpc) is 2.29. The van der Waals surface area contributed by atoms with Crippen LogP contribution in [0.15, 0.2) is 12.2 Å². The van der Waals surface area contributed by atoms with E-state index in [9.17, 15) is 13.2 Å². The summed E-state index contributed by atoms with van der Waals surface area (Å²) in [4.78, 5) is 12.5. The summed E-state index contributed by atoms with van der Waals surface area (Å²) in [5.41, 5.74) is 0.293. The Kier molecular flexibility index (Phi) is 10.8. The smallest absolute Gasteiger partial charge is 0.397 e. The molecule has 0 saturated carbocycles. The lowest BCUT2D eigenvalue weighted by molar-refractivity contribution is -0.132. The van der Waals surface area contributed by atoms with Gasteiger partial charge in [-0.2, -0.15) is 8.42 Å². The molecule has 0 bridgehead atoms. The van der Waals surface area contributed by atoms with Crippen LogP contribution < -0.4 is 0 Å². The van der Waals surface area contributed by atoms with Crippen LogP contribution in [0.3, 0.4) is 0 Å². The van der Waals surface area contributed by atoms with Crippen LogP contribution in [0.25, 0.3) is 0 Å². The third-order valence-corrected chi connectivity index (χ3v) is 2.56. The molecular formula is C10H21NO6S. The fourth-order valence-electron chi connectivity index (χ4n) is 0.940. The second-order valence-corrected chi connectivity index (χ2v) is 4.47.